The van der Waals surface area contributed by atoms with E-state index < -0.39 is 10.8 Å². The van der Waals surface area contributed by atoms with Crippen molar-refractivity contribution in [3.63, 3.8) is 0 Å². The number of nitro groups is 1. The van der Waals surface area contributed by atoms with Crippen molar-refractivity contribution in [1.29, 1.82) is 0 Å². The number of nitro benzene ring substituents is 1. The molecule has 0 aliphatic rings. The number of para-hydroxylation sites is 1. The van der Waals surface area contributed by atoms with E-state index in [9.17, 15) is 14.9 Å². The van der Waals surface area contributed by atoms with Gasteiger partial charge in [0.2, 0.25) is 0 Å². The predicted octanol–water partition coefficient (Wildman–Crippen LogP) is 1.21. The molecule has 1 aromatic carbocycles. The molecule has 0 bridgehead atoms. The second-order valence-electron chi connectivity index (χ2n) is 4.13. The van der Waals surface area contributed by atoms with Crippen LogP contribution in [0.15, 0.2) is 42.7 Å². The number of nitrogens with one attached hydrogen (secondary N) is 2. The molecule has 0 atom stereocenters. The van der Waals surface area contributed by atoms with Crippen LogP contribution in [0, 0.1) is 10.1 Å². The third-order valence-electron chi connectivity index (χ3n) is 2.85. The van der Waals surface area contributed by atoms with Gasteiger partial charge in [-0.05, 0) is 6.07 Å². The topological polar surface area (TPSA) is 123 Å². The number of nitrogens with two attached hydrogens (primary N) is 1. The molecule has 0 saturated heterocycles. The number of carbonyl (C=O) groups is 1. The molecule has 1 amide bonds. The van der Waals surface area contributed by atoms with Crippen LogP contribution < -0.4 is 16.6 Å². The Balaban J connectivity index is 2.13. The maximum Gasteiger partial charge on any atom is 0.274 e. The fraction of sp³-hybridized carbons (Fsp3) is 0.0769. The standard InChI is InChI=1S/C13H13N5O3/c14-17-11-5-6-15-8-10(11)13(19)16-7-9-3-1-2-4-12(9)18(20)21/h1-6,8H,7,14H2,(H,15,17)(H,16,19). The van der Waals surface area contributed by atoms with Gasteiger partial charge in [0.15, 0.2) is 0 Å². The van der Waals surface area contributed by atoms with Gasteiger partial charge in [-0.15, -0.1) is 0 Å². The average Bonchev–Trinajstić information content (AvgIpc) is 2.52. The van der Waals surface area contributed by atoms with E-state index >= 15 is 0 Å². The van der Waals surface area contributed by atoms with Gasteiger partial charge in [-0.25, -0.2) is 0 Å². The Morgan fingerprint density at radius 3 is 2.81 bits per heavy atom. The van der Waals surface area contributed by atoms with Gasteiger partial charge in [0.1, 0.15) is 0 Å². The Kier molecular flexibility index (Phi) is 4.42. The lowest BCUT2D eigenvalue weighted by Crippen LogP contribution is -2.25. The largest absolute Gasteiger partial charge is 0.348 e. The van der Waals surface area contributed by atoms with Gasteiger partial charge in [-0.1, -0.05) is 18.2 Å². The number of hydrogen-bond acceptors (Lipinski definition) is 6. The quantitative estimate of drug-likeness (QED) is 0.431. The van der Waals surface area contributed by atoms with Gasteiger partial charge in [-0.2, -0.15) is 0 Å². The van der Waals surface area contributed by atoms with E-state index in [1.807, 2.05) is 0 Å². The molecule has 1 heterocycles. The third kappa shape index (κ3) is 3.31. The zero-order valence-corrected chi connectivity index (χ0v) is 10.9. The molecule has 0 spiro atoms. The first-order valence-electron chi connectivity index (χ1n) is 6.04. The van der Waals surface area contributed by atoms with Crippen LogP contribution >= 0.6 is 0 Å². The summed E-state index contributed by atoms with van der Waals surface area (Å²) >= 11 is 0. The Morgan fingerprint density at radius 2 is 2.10 bits per heavy atom. The molecule has 8 heteroatoms. The molecule has 0 aliphatic heterocycles. The highest BCUT2D eigenvalue weighted by Gasteiger charge is 2.15. The minimum atomic E-state index is -0.488. The number of hydrazine groups is 1. The van der Waals surface area contributed by atoms with Crippen LogP contribution in [0.5, 0.6) is 0 Å². The van der Waals surface area contributed by atoms with Crippen LogP contribution in [0.4, 0.5) is 11.4 Å². The predicted molar refractivity (Wildman–Crippen MR) is 76.3 cm³/mol. The molecule has 0 aliphatic carbocycles. The van der Waals surface area contributed by atoms with Gasteiger partial charge in [0.05, 0.1) is 16.2 Å². The lowest BCUT2D eigenvalue weighted by Gasteiger charge is -2.09. The van der Waals surface area contributed by atoms with E-state index in [-0.39, 0.29) is 17.8 Å². The maximum absolute atomic E-state index is 12.1. The normalized spacial score (nSPS) is 9.95. The van der Waals surface area contributed by atoms with Gasteiger partial charge < -0.3 is 10.7 Å². The Morgan fingerprint density at radius 1 is 1.33 bits per heavy atom. The Hall–Kier alpha value is -3.00. The minimum Gasteiger partial charge on any atom is -0.348 e. The van der Waals surface area contributed by atoms with Crippen LogP contribution in [0.1, 0.15) is 15.9 Å². The Labute approximate surface area is 120 Å². The number of rotatable bonds is 5. The number of pyridine rings is 1. The van der Waals surface area contributed by atoms with Crippen molar-refractivity contribution < 1.29 is 9.72 Å². The number of carbonyl (C=O) groups excluding carboxylic acids is 1. The van der Waals surface area contributed by atoms with Crippen LogP contribution in [0.3, 0.4) is 0 Å². The fourth-order valence-electron chi connectivity index (χ4n) is 1.81. The summed E-state index contributed by atoms with van der Waals surface area (Å²) in [6.45, 7) is 0.0366. The highest BCUT2D eigenvalue weighted by molar-refractivity contribution is 5.99. The van der Waals surface area contributed by atoms with E-state index in [4.69, 9.17) is 5.84 Å². The maximum atomic E-state index is 12.1. The first kappa shape index (κ1) is 14.4. The van der Waals surface area contributed by atoms with Crippen LogP contribution in [0.25, 0.3) is 0 Å². The monoisotopic (exact) mass is 287 g/mol. The number of amides is 1. The second kappa shape index (κ2) is 6.44. The van der Waals surface area contributed by atoms with E-state index in [2.05, 4.69) is 15.7 Å². The molecule has 21 heavy (non-hydrogen) atoms. The van der Waals surface area contributed by atoms with Crippen molar-refractivity contribution in [1.82, 2.24) is 10.3 Å². The first-order chi connectivity index (χ1) is 10.1. The van der Waals surface area contributed by atoms with Crippen molar-refractivity contribution in [2.45, 2.75) is 6.54 Å². The van der Waals surface area contributed by atoms with Gasteiger partial charge in [-0.3, -0.25) is 25.7 Å². The van der Waals surface area contributed by atoms with Crippen molar-refractivity contribution in [3.8, 4) is 0 Å². The lowest BCUT2D eigenvalue weighted by molar-refractivity contribution is -0.385. The van der Waals surface area contributed by atoms with Crippen molar-refractivity contribution in [3.05, 3.63) is 64.0 Å². The number of hydrogen-bond donors (Lipinski definition) is 3. The molecule has 2 rings (SSSR count). The van der Waals surface area contributed by atoms with Gasteiger partial charge in [0, 0.05) is 30.6 Å². The van der Waals surface area contributed by atoms with Crippen LogP contribution in [-0.4, -0.2) is 15.8 Å². The van der Waals surface area contributed by atoms with Crippen molar-refractivity contribution >= 4 is 17.3 Å². The molecule has 0 fully saturated rings. The van der Waals surface area contributed by atoms with E-state index in [0.717, 1.165) is 0 Å². The van der Waals surface area contributed by atoms with Crippen LogP contribution in [0.2, 0.25) is 0 Å². The van der Waals surface area contributed by atoms with Crippen LogP contribution in [-0.2, 0) is 6.54 Å². The smallest absolute Gasteiger partial charge is 0.274 e. The number of benzene rings is 1. The van der Waals surface area contributed by atoms with Crippen molar-refractivity contribution in [2.24, 2.45) is 5.84 Å². The number of nitrogen functional groups attached to an aromatic ring is 1. The zero-order chi connectivity index (χ0) is 15.2. The molecule has 0 unspecified atom stereocenters. The molecule has 2 aromatic rings. The second-order valence-corrected chi connectivity index (χ2v) is 4.13. The summed E-state index contributed by atoms with van der Waals surface area (Å²) in [5.74, 6) is 4.89. The molecule has 1 aromatic heterocycles. The minimum absolute atomic E-state index is 0.0366. The summed E-state index contributed by atoms with van der Waals surface area (Å²) < 4.78 is 0. The fourth-order valence-corrected chi connectivity index (χ4v) is 1.81. The van der Waals surface area contributed by atoms with E-state index in [1.165, 1.54) is 18.5 Å². The molecular weight excluding hydrogens is 274 g/mol. The summed E-state index contributed by atoms with van der Waals surface area (Å²) in [5.41, 5.74) is 3.46. The number of aromatic nitrogens is 1. The number of anilines is 1. The summed E-state index contributed by atoms with van der Waals surface area (Å²) in [7, 11) is 0. The zero-order valence-electron chi connectivity index (χ0n) is 10.9. The van der Waals surface area contributed by atoms with E-state index in [0.29, 0.717) is 11.3 Å². The highest BCUT2D eigenvalue weighted by Crippen LogP contribution is 2.18. The third-order valence-corrected chi connectivity index (χ3v) is 2.85. The molecule has 108 valence electrons. The van der Waals surface area contributed by atoms with Crippen molar-refractivity contribution in [2.75, 3.05) is 5.43 Å². The van der Waals surface area contributed by atoms with E-state index in [1.54, 1.807) is 24.3 Å². The molecular formula is C13H13N5O3. The first-order valence-corrected chi connectivity index (χ1v) is 6.04. The van der Waals surface area contributed by atoms with Gasteiger partial charge >= 0.3 is 0 Å². The Bertz CT molecular complexity index is 674. The lowest BCUT2D eigenvalue weighted by atomic mass is 10.1. The molecule has 0 radical (unpaired) electrons. The number of nitrogens with zero attached hydrogens (tertiary/aromatic N) is 2. The molecule has 4 N–H and O–H groups in total. The highest BCUT2D eigenvalue weighted by atomic mass is 16.6. The summed E-state index contributed by atoms with van der Waals surface area (Å²) in [5, 5.41) is 13.5. The van der Waals surface area contributed by atoms with Gasteiger partial charge in [0.25, 0.3) is 11.6 Å². The molecule has 0 saturated carbocycles. The SMILES string of the molecule is NNc1ccncc1C(=O)NCc1ccccc1[N+](=O)[O-]. The molecule has 8 nitrogen and oxygen atoms in total. The summed E-state index contributed by atoms with van der Waals surface area (Å²) in [6, 6.07) is 7.77. The summed E-state index contributed by atoms with van der Waals surface area (Å²) in [4.78, 5) is 26.3. The average molecular weight is 287 g/mol. The summed E-state index contributed by atoms with van der Waals surface area (Å²) in [6.07, 6.45) is 2.86.